The summed E-state index contributed by atoms with van der Waals surface area (Å²) in [5.74, 6) is -0.880. The predicted molar refractivity (Wildman–Crippen MR) is 118 cm³/mol. The number of thiazole rings is 1. The summed E-state index contributed by atoms with van der Waals surface area (Å²) in [7, 11) is -2.07. The number of fused-ring (bicyclic) bond motifs is 1. The third-order valence-electron chi connectivity index (χ3n) is 5.67. The van der Waals surface area contributed by atoms with E-state index in [0.717, 1.165) is 11.3 Å². The second-order valence-electron chi connectivity index (χ2n) is 7.68. The van der Waals surface area contributed by atoms with Crippen molar-refractivity contribution < 1.29 is 17.6 Å². The van der Waals surface area contributed by atoms with Crippen LogP contribution in [0.25, 0.3) is 10.2 Å². The summed E-state index contributed by atoms with van der Waals surface area (Å²) in [6.45, 7) is 2.17. The number of anilines is 1. The summed E-state index contributed by atoms with van der Waals surface area (Å²) in [5.41, 5.74) is 1.88. The topological polar surface area (TPSA) is 88.5 Å². The highest BCUT2D eigenvalue weighted by Crippen LogP contribution is 2.28. The number of aromatic nitrogens is 1. The number of nitrogens with zero attached hydrogens (tertiary/aromatic N) is 2. The van der Waals surface area contributed by atoms with Crippen LogP contribution in [0.5, 0.6) is 0 Å². The van der Waals surface area contributed by atoms with Gasteiger partial charge in [-0.2, -0.15) is 4.31 Å². The quantitative estimate of drug-likeness (QED) is 0.644. The molecule has 31 heavy (non-hydrogen) atoms. The molecule has 2 aromatic carbocycles. The fourth-order valence-electron chi connectivity index (χ4n) is 3.78. The molecule has 0 unspecified atom stereocenters. The summed E-state index contributed by atoms with van der Waals surface area (Å²) >= 11 is 1.01. The van der Waals surface area contributed by atoms with Gasteiger partial charge in [-0.1, -0.05) is 11.3 Å². The summed E-state index contributed by atoms with van der Waals surface area (Å²) in [6.07, 6.45) is 0.790. The van der Waals surface area contributed by atoms with Crippen LogP contribution in [-0.4, -0.2) is 36.3 Å². The zero-order chi connectivity index (χ0) is 22.3. The van der Waals surface area contributed by atoms with Gasteiger partial charge in [0, 0.05) is 31.7 Å². The molecule has 1 amide bonds. The van der Waals surface area contributed by atoms with E-state index >= 15 is 0 Å². The SMILES string of the molecule is Cc1cc(F)ccc1NC(=O)C1CCN(S(=O)(=O)c2ccc3c(c2)sc(=O)n3C)CC1. The molecule has 0 atom stereocenters. The Balaban J connectivity index is 1.45. The minimum atomic E-state index is -3.72. The van der Waals surface area contributed by atoms with E-state index in [1.807, 2.05) is 0 Å². The highest BCUT2D eigenvalue weighted by molar-refractivity contribution is 7.89. The van der Waals surface area contributed by atoms with E-state index < -0.39 is 10.0 Å². The van der Waals surface area contributed by atoms with Gasteiger partial charge in [-0.3, -0.25) is 9.59 Å². The van der Waals surface area contributed by atoms with Gasteiger partial charge in [-0.05, 0) is 61.7 Å². The number of nitrogens with one attached hydrogen (secondary N) is 1. The van der Waals surface area contributed by atoms with Gasteiger partial charge in [0.05, 0.1) is 15.1 Å². The van der Waals surface area contributed by atoms with Crippen LogP contribution < -0.4 is 10.2 Å². The standard InChI is InChI=1S/C21H22FN3O4S2/c1-13-11-15(22)3-5-17(13)23-20(26)14-7-9-25(10-8-14)31(28,29)16-4-6-18-19(12-16)30-21(27)24(18)2/h3-6,11-12,14H,7-10H2,1-2H3,(H,23,26). The zero-order valence-electron chi connectivity index (χ0n) is 17.1. The fraction of sp³-hybridized carbons (Fsp3) is 0.333. The van der Waals surface area contributed by atoms with Crippen LogP contribution in [-0.2, 0) is 21.9 Å². The lowest BCUT2D eigenvalue weighted by molar-refractivity contribution is -0.120. The molecule has 1 fully saturated rings. The van der Waals surface area contributed by atoms with E-state index in [1.54, 1.807) is 20.0 Å². The summed E-state index contributed by atoms with van der Waals surface area (Å²) < 4.78 is 42.9. The number of benzene rings is 2. The minimum Gasteiger partial charge on any atom is -0.326 e. The van der Waals surface area contributed by atoms with E-state index in [-0.39, 0.29) is 40.5 Å². The lowest BCUT2D eigenvalue weighted by Crippen LogP contribution is -2.41. The van der Waals surface area contributed by atoms with Gasteiger partial charge in [-0.25, -0.2) is 12.8 Å². The molecule has 3 aromatic rings. The number of halogens is 1. The van der Waals surface area contributed by atoms with Crippen LogP contribution in [0.3, 0.4) is 0 Å². The number of aryl methyl sites for hydroxylation is 2. The van der Waals surface area contributed by atoms with Gasteiger partial charge in [-0.15, -0.1) is 0 Å². The van der Waals surface area contributed by atoms with Crippen molar-refractivity contribution in [3.8, 4) is 0 Å². The Hall–Kier alpha value is -2.56. The molecule has 1 aliphatic heterocycles. The third kappa shape index (κ3) is 4.15. The van der Waals surface area contributed by atoms with Gasteiger partial charge in [0.25, 0.3) is 0 Å². The Kier molecular flexibility index (Phi) is 5.71. The Labute approximate surface area is 183 Å². The molecule has 2 heterocycles. The minimum absolute atomic E-state index is 0.145. The van der Waals surface area contributed by atoms with Gasteiger partial charge in [0.1, 0.15) is 5.82 Å². The number of hydrogen-bond donors (Lipinski definition) is 1. The van der Waals surface area contributed by atoms with Crippen molar-refractivity contribution in [2.45, 2.75) is 24.7 Å². The smallest absolute Gasteiger partial charge is 0.307 e. The molecule has 10 heteroatoms. The molecule has 1 saturated heterocycles. The molecule has 7 nitrogen and oxygen atoms in total. The fourth-order valence-corrected chi connectivity index (χ4v) is 6.27. The highest BCUT2D eigenvalue weighted by atomic mass is 32.2. The van der Waals surface area contributed by atoms with Gasteiger partial charge in [0.15, 0.2) is 0 Å². The number of rotatable bonds is 4. The number of amides is 1. The maximum Gasteiger partial charge on any atom is 0.307 e. The number of carbonyl (C=O) groups is 1. The second kappa shape index (κ2) is 8.18. The number of carbonyl (C=O) groups excluding carboxylic acids is 1. The zero-order valence-corrected chi connectivity index (χ0v) is 18.7. The van der Waals surface area contributed by atoms with Crippen LogP contribution in [0.4, 0.5) is 10.1 Å². The number of hydrogen-bond acceptors (Lipinski definition) is 5. The van der Waals surface area contributed by atoms with Crippen molar-refractivity contribution in [1.82, 2.24) is 8.87 Å². The molecular weight excluding hydrogens is 441 g/mol. The maximum absolute atomic E-state index is 13.3. The first-order valence-corrected chi connectivity index (χ1v) is 12.1. The average Bonchev–Trinajstić information content (AvgIpc) is 3.03. The first-order chi connectivity index (χ1) is 14.7. The number of piperidine rings is 1. The Morgan fingerprint density at radius 1 is 1.16 bits per heavy atom. The molecule has 1 aromatic heterocycles. The predicted octanol–water partition coefficient (Wildman–Crippen LogP) is 3.09. The van der Waals surface area contributed by atoms with Crippen molar-refractivity contribution in [1.29, 1.82) is 0 Å². The molecular formula is C21H22FN3O4S2. The first kappa shape index (κ1) is 21.7. The lowest BCUT2D eigenvalue weighted by atomic mass is 9.97. The van der Waals surface area contributed by atoms with E-state index in [4.69, 9.17) is 0 Å². The molecule has 0 aliphatic carbocycles. The van der Waals surface area contributed by atoms with E-state index in [9.17, 15) is 22.4 Å². The van der Waals surface area contributed by atoms with Crippen molar-refractivity contribution >= 4 is 43.2 Å². The molecule has 1 aliphatic rings. The monoisotopic (exact) mass is 463 g/mol. The first-order valence-electron chi connectivity index (χ1n) is 9.83. The normalized spacial score (nSPS) is 16.0. The molecule has 4 rings (SSSR count). The largest absolute Gasteiger partial charge is 0.326 e. The van der Waals surface area contributed by atoms with Crippen molar-refractivity contribution in [2.75, 3.05) is 18.4 Å². The summed E-state index contributed by atoms with van der Waals surface area (Å²) in [4.78, 5) is 24.4. The molecule has 1 N–H and O–H groups in total. The van der Waals surface area contributed by atoms with Crippen molar-refractivity contribution in [3.05, 3.63) is 57.4 Å². The van der Waals surface area contributed by atoms with Crippen LogP contribution in [0.15, 0.2) is 46.1 Å². The Bertz CT molecular complexity index is 1320. The van der Waals surface area contributed by atoms with Crippen LogP contribution >= 0.6 is 11.3 Å². The van der Waals surface area contributed by atoms with Crippen LogP contribution in [0, 0.1) is 18.7 Å². The molecule has 0 spiro atoms. The highest BCUT2D eigenvalue weighted by Gasteiger charge is 2.32. The van der Waals surface area contributed by atoms with Gasteiger partial charge >= 0.3 is 4.87 Å². The average molecular weight is 464 g/mol. The Morgan fingerprint density at radius 2 is 1.87 bits per heavy atom. The van der Waals surface area contributed by atoms with Gasteiger partial charge < -0.3 is 9.88 Å². The van der Waals surface area contributed by atoms with E-state index in [1.165, 1.54) is 39.2 Å². The molecule has 0 bridgehead atoms. The third-order valence-corrected chi connectivity index (χ3v) is 8.56. The molecule has 164 valence electrons. The molecule has 0 saturated carbocycles. The van der Waals surface area contributed by atoms with Crippen molar-refractivity contribution in [2.24, 2.45) is 13.0 Å². The maximum atomic E-state index is 13.3. The van der Waals surface area contributed by atoms with Crippen LogP contribution in [0.2, 0.25) is 0 Å². The summed E-state index contributed by atoms with van der Waals surface area (Å²) in [6, 6.07) is 8.86. The van der Waals surface area contributed by atoms with Crippen molar-refractivity contribution in [3.63, 3.8) is 0 Å². The van der Waals surface area contributed by atoms with E-state index in [0.29, 0.717) is 34.3 Å². The van der Waals surface area contributed by atoms with Crippen LogP contribution in [0.1, 0.15) is 18.4 Å². The number of sulfonamides is 1. The van der Waals surface area contributed by atoms with E-state index in [2.05, 4.69) is 5.32 Å². The second-order valence-corrected chi connectivity index (χ2v) is 10.6. The lowest BCUT2D eigenvalue weighted by Gasteiger charge is -2.30. The Morgan fingerprint density at radius 3 is 2.55 bits per heavy atom. The van der Waals surface area contributed by atoms with Gasteiger partial charge in [0.2, 0.25) is 15.9 Å². The summed E-state index contributed by atoms with van der Waals surface area (Å²) in [5, 5.41) is 2.82. The molecule has 0 radical (unpaired) electrons.